The van der Waals surface area contributed by atoms with Crippen molar-refractivity contribution in [3.63, 3.8) is 0 Å². The van der Waals surface area contributed by atoms with Crippen LogP contribution in [0.25, 0.3) is 0 Å². The molecule has 1 aromatic heterocycles. The third-order valence-electron chi connectivity index (χ3n) is 3.96. The summed E-state index contributed by atoms with van der Waals surface area (Å²) in [5, 5.41) is 0. The molecule has 0 aromatic carbocycles. The molecule has 3 heterocycles. The van der Waals surface area contributed by atoms with E-state index in [0.717, 1.165) is 25.7 Å². The highest BCUT2D eigenvalue weighted by Crippen LogP contribution is 2.39. The Kier molecular flexibility index (Phi) is 3.41. The van der Waals surface area contributed by atoms with E-state index in [9.17, 15) is 8.42 Å². The Hall–Kier alpha value is -0.500. The SMILES string of the molecule is NC1CC2CCC(C1)N2S(=O)(=O)c1cncc(Br)c1. The summed E-state index contributed by atoms with van der Waals surface area (Å²) in [6.07, 6.45) is 6.35. The predicted molar refractivity (Wildman–Crippen MR) is 75.0 cm³/mol. The van der Waals surface area contributed by atoms with Gasteiger partial charge in [0, 0.05) is 35.0 Å². The molecule has 2 fully saturated rings. The molecule has 0 spiro atoms. The highest BCUT2D eigenvalue weighted by molar-refractivity contribution is 9.10. The lowest BCUT2D eigenvalue weighted by molar-refractivity contribution is 0.227. The molecular formula is C12H16BrN3O2S. The zero-order valence-corrected chi connectivity index (χ0v) is 12.8. The second kappa shape index (κ2) is 4.80. The van der Waals surface area contributed by atoms with Crippen LogP contribution in [-0.2, 0) is 10.0 Å². The lowest BCUT2D eigenvalue weighted by atomic mass is 10.0. The van der Waals surface area contributed by atoms with E-state index in [-0.39, 0.29) is 23.0 Å². The van der Waals surface area contributed by atoms with Crippen LogP contribution in [0.2, 0.25) is 0 Å². The minimum absolute atomic E-state index is 0.0535. The van der Waals surface area contributed by atoms with E-state index in [1.54, 1.807) is 16.6 Å². The predicted octanol–water partition coefficient (Wildman–Crippen LogP) is 1.49. The van der Waals surface area contributed by atoms with Gasteiger partial charge in [-0.3, -0.25) is 4.98 Å². The Morgan fingerprint density at radius 2 is 1.89 bits per heavy atom. The molecule has 104 valence electrons. The summed E-state index contributed by atoms with van der Waals surface area (Å²) in [6, 6.07) is 1.84. The molecule has 0 radical (unpaired) electrons. The number of nitrogens with two attached hydrogens (primary N) is 1. The van der Waals surface area contributed by atoms with E-state index in [1.807, 2.05) is 0 Å². The van der Waals surface area contributed by atoms with E-state index in [2.05, 4.69) is 20.9 Å². The number of sulfonamides is 1. The smallest absolute Gasteiger partial charge is 0.245 e. The zero-order valence-electron chi connectivity index (χ0n) is 10.4. The molecule has 19 heavy (non-hydrogen) atoms. The maximum absolute atomic E-state index is 12.7. The van der Waals surface area contributed by atoms with Gasteiger partial charge in [0.15, 0.2) is 0 Å². The molecule has 2 aliphatic rings. The van der Waals surface area contributed by atoms with Gasteiger partial charge in [-0.05, 0) is 47.7 Å². The lowest BCUT2D eigenvalue weighted by Crippen LogP contribution is -2.49. The minimum atomic E-state index is -3.46. The molecule has 2 N–H and O–H groups in total. The van der Waals surface area contributed by atoms with Crippen molar-refractivity contribution in [3.05, 3.63) is 22.9 Å². The van der Waals surface area contributed by atoms with Crippen LogP contribution in [0.3, 0.4) is 0 Å². The van der Waals surface area contributed by atoms with E-state index in [0.29, 0.717) is 4.47 Å². The molecule has 2 saturated heterocycles. The van der Waals surface area contributed by atoms with E-state index in [4.69, 9.17) is 5.73 Å². The van der Waals surface area contributed by atoms with Gasteiger partial charge < -0.3 is 5.73 Å². The number of halogens is 1. The molecule has 5 nitrogen and oxygen atoms in total. The summed E-state index contributed by atoms with van der Waals surface area (Å²) in [4.78, 5) is 4.21. The Labute approximate surface area is 121 Å². The fourth-order valence-corrected chi connectivity index (χ4v) is 5.62. The van der Waals surface area contributed by atoms with Crippen LogP contribution in [0.4, 0.5) is 0 Å². The van der Waals surface area contributed by atoms with Gasteiger partial charge in [-0.15, -0.1) is 0 Å². The number of hydrogen-bond acceptors (Lipinski definition) is 4. The average molecular weight is 346 g/mol. The van der Waals surface area contributed by atoms with Crippen molar-refractivity contribution < 1.29 is 8.42 Å². The topological polar surface area (TPSA) is 76.3 Å². The molecule has 2 unspecified atom stereocenters. The lowest BCUT2D eigenvalue weighted by Gasteiger charge is -2.36. The van der Waals surface area contributed by atoms with Gasteiger partial charge in [-0.25, -0.2) is 8.42 Å². The van der Waals surface area contributed by atoms with Crippen LogP contribution in [0.5, 0.6) is 0 Å². The van der Waals surface area contributed by atoms with Crippen molar-refractivity contribution in [1.29, 1.82) is 0 Å². The molecule has 1 aromatic rings. The van der Waals surface area contributed by atoms with Crippen molar-refractivity contribution in [2.24, 2.45) is 5.73 Å². The minimum Gasteiger partial charge on any atom is -0.328 e. The quantitative estimate of drug-likeness (QED) is 0.880. The molecule has 0 aliphatic carbocycles. The monoisotopic (exact) mass is 345 g/mol. The summed E-state index contributed by atoms with van der Waals surface area (Å²) in [7, 11) is -3.46. The molecule has 7 heteroatoms. The molecule has 2 bridgehead atoms. The Morgan fingerprint density at radius 1 is 1.26 bits per heavy atom. The highest BCUT2D eigenvalue weighted by atomic mass is 79.9. The molecule has 0 amide bonds. The summed E-state index contributed by atoms with van der Waals surface area (Å²) < 4.78 is 27.8. The zero-order chi connectivity index (χ0) is 13.6. The second-order valence-electron chi connectivity index (χ2n) is 5.29. The maximum atomic E-state index is 12.7. The molecule has 0 saturated carbocycles. The number of aromatic nitrogens is 1. The number of piperidine rings is 1. The van der Waals surface area contributed by atoms with Crippen molar-refractivity contribution >= 4 is 26.0 Å². The molecule has 3 rings (SSSR count). The standard InChI is InChI=1S/C12H16BrN3O2S/c13-8-3-12(7-15-6-8)19(17,18)16-10-1-2-11(16)5-9(14)4-10/h3,6-7,9-11H,1-2,4-5,14H2. The summed E-state index contributed by atoms with van der Waals surface area (Å²) in [5.41, 5.74) is 5.98. The van der Waals surface area contributed by atoms with E-state index < -0.39 is 10.0 Å². The Balaban J connectivity index is 1.98. The number of nitrogens with zero attached hydrogens (tertiary/aromatic N) is 2. The maximum Gasteiger partial charge on any atom is 0.245 e. The van der Waals surface area contributed by atoms with Crippen LogP contribution in [-0.4, -0.2) is 35.8 Å². The van der Waals surface area contributed by atoms with Crippen LogP contribution in [0.15, 0.2) is 27.8 Å². The second-order valence-corrected chi connectivity index (χ2v) is 8.05. The van der Waals surface area contributed by atoms with Gasteiger partial charge in [0.05, 0.1) is 0 Å². The first-order chi connectivity index (χ1) is 8.98. The molecule has 2 atom stereocenters. The fourth-order valence-electron chi connectivity index (χ4n) is 3.22. The highest BCUT2D eigenvalue weighted by Gasteiger charge is 2.46. The third-order valence-corrected chi connectivity index (χ3v) is 6.36. The molecular weight excluding hydrogens is 330 g/mol. The van der Waals surface area contributed by atoms with Crippen LogP contribution in [0.1, 0.15) is 25.7 Å². The molecule has 2 aliphatic heterocycles. The fraction of sp³-hybridized carbons (Fsp3) is 0.583. The largest absolute Gasteiger partial charge is 0.328 e. The summed E-state index contributed by atoms with van der Waals surface area (Å²) in [5.74, 6) is 0. The van der Waals surface area contributed by atoms with Crippen molar-refractivity contribution in [2.75, 3.05) is 0 Å². The van der Waals surface area contributed by atoms with Crippen molar-refractivity contribution in [1.82, 2.24) is 9.29 Å². The Bertz CT molecular complexity index is 578. The summed E-state index contributed by atoms with van der Waals surface area (Å²) in [6.45, 7) is 0. The Morgan fingerprint density at radius 3 is 2.47 bits per heavy atom. The van der Waals surface area contributed by atoms with Crippen LogP contribution in [0, 0.1) is 0 Å². The first-order valence-electron chi connectivity index (χ1n) is 6.38. The van der Waals surface area contributed by atoms with Gasteiger partial charge in [-0.2, -0.15) is 4.31 Å². The normalized spacial score (nSPS) is 31.6. The number of fused-ring (bicyclic) bond motifs is 2. The van der Waals surface area contributed by atoms with Gasteiger partial charge in [-0.1, -0.05) is 0 Å². The average Bonchev–Trinajstić information content (AvgIpc) is 2.63. The summed E-state index contributed by atoms with van der Waals surface area (Å²) >= 11 is 3.27. The number of hydrogen-bond donors (Lipinski definition) is 1. The first-order valence-corrected chi connectivity index (χ1v) is 8.61. The van der Waals surface area contributed by atoms with Gasteiger partial charge in [0.1, 0.15) is 4.90 Å². The number of pyridine rings is 1. The first kappa shape index (κ1) is 13.5. The van der Waals surface area contributed by atoms with Crippen molar-refractivity contribution in [2.45, 2.75) is 48.7 Å². The number of rotatable bonds is 2. The van der Waals surface area contributed by atoms with Crippen LogP contribution >= 0.6 is 15.9 Å². The van der Waals surface area contributed by atoms with Gasteiger partial charge in [0.25, 0.3) is 0 Å². The van der Waals surface area contributed by atoms with Crippen molar-refractivity contribution in [3.8, 4) is 0 Å². The van der Waals surface area contributed by atoms with Crippen LogP contribution < -0.4 is 5.73 Å². The van der Waals surface area contributed by atoms with Gasteiger partial charge >= 0.3 is 0 Å². The third kappa shape index (κ3) is 2.33. The van der Waals surface area contributed by atoms with E-state index >= 15 is 0 Å². The van der Waals surface area contributed by atoms with Gasteiger partial charge in [0.2, 0.25) is 10.0 Å². The van der Waals surface area contributed by atoms with E-state index in [1.165, 1.54) is 6.20 Å².